The fourth-order valence-corrected chi connectivity index (χ4v) is 2.42. The number of hydrogen-bond acceptors (Lipinski definition) is 2. The van der Waals surface area contributed by atoms with Gasteiger partial charge < -0.3 is 10.2 Å². The van der Waals surface area contributed by atoms with Crippen LogP contribution in [0.2, 0.25) is 0 Å². The maximum absolute atomic E-state index is 11.4. The van der Waals surface area contributed by atoms with Crippen LogP contribution < -0.4 is 5.32 Å². The molecule has 3 nitrogen and oxygen atoms in total. The zero-order valence-corrected chi connectivity index (χ0v) is 7.55. The number of amides is 1. The quantitative estimate of drug-likeness (QED) is 0.607. The molecule has 0 aromatic carbocycles. The first-order valence-corrected chi connectivity index (χ1v) is 4.77. The molecule has 2 aliphatic rings. The van der Waals surface area contributed by atoms with Gasteiger partial charge in [-0.05, 0) is 32.9 Å². The second kappa shape index (κ2) is 3.05. The first-order valence-electron chi connectivity index (χ1n) is 4.77. The van der Waals surface area contributed by atoms with E-state index in [4.69, 9.17) is 0 Å². The molecular formula is C9H16N2O. The van der Waals surface area contributed by atoms with E-state index in [1.807, 2.05) is 0 Å². The van der Waals surface area contributed by atoms with Crippen molar-refractivity contribution in [3.05, 3.63) is 0 Å². The van der Waals surface area contributed by atoms with E-state index in [1.165, 1.54) is 12.8 Å². The second-order valence-corrected chi connectivity index (χ2v) is 3.88. The van der Waals surface area contributed by atoms with Crippen molar-refractivity contribution in [3.8, 4) is 0 Å². The summed E-state index contributed by atoms with van der Waals surface area (Å²) in [6.45, 7) is 2.04. The monoisotopic (exact) mass is 168 g/mol. The molecule has 2 fully saturated rings. The van der Waals surface area contributed by atoms with E-state index in [0.29, 0.717) is 6.04 Å². The van der Waals surface area contributed by atoms with E-state index in [9.17, 15) is 4.79 Å². The van der Waals surface area contributed by atoms with E-state index in [0.717, 1.165) is 19.5 Å². The molecule has 12 heavy (non-hydrogen) atoms. The Kier molecular flexibility index (Phi) is 2.05. The van der Waals surface area contributed by atoms with Crippen LogP contribution in [0.1, 0.15) is 19.3 Å². The Morgan fingerprint density at radius 2 is 2.33 bits per heavy atom. The van der Waals surface area contributed by atoms with Gasteiger partial charge in [-0.15, -0.1) is 0 Å². The lowest BCUT2D eigenvalue weighted by Gasteiger charge is -2.23. The highest BCUT2D eigenvalue weighted by atomic mass is 16.2. The summed E-state index contributed by atoms with van der Waals surface area (Å²) in [5.41, 5.74) is 0. The topological polar surface area (TPSA) is 32.3 Å². The fourth-order valence-electron chi connectivity index (χ4n) is 2.42. The molecule has 3 heteroatoms. The molecule has 2 aliphatic heterocycles. The van der Waals surface area contributed by atoms with Gasteiger partial charge >= 0.3 is 0 Å². The van der Waals surface area contributed by atoms with Gasteiger partial charge in [-0.2, -0.15) is 0 Å². The normalized spacial score (nSPS) is 37.2. The van der Waals surface area contributed by atoms with E-state index in [2.05, 4.69) is 17.3 Å². The molecule has 2 rings (SSSR count). The molecule has 0 aromatic heterocycles. The molecule has 2 unspecified atom stereocenters. The van der Waals surface area contributed by atoms with Gasteiger partial charge in [0, 0.05) is 12.6 Å². The van der Waals surface area contributed by atoms with Crippen molar-refractivity contribution in [2.45, 2.75) is 25.3 Å². The number of likely N-dealkylation sites (tertiary alicyclic amines) is 1. The van der Waals surface area contributed by atoms with Crippen LogP contribution in [-0.2, 0) is 4.79 Å². The minimum Gasteiger partial charge on any atom is -0.356 e. The van der Waals surface area contributed by atoms with E-state index in [1.54, 1.807) is 0 Å². The third-order valence-electron chi connectivity index (χ3n) is 3.13. The van der Waals surface area contributed by atoms with E-state index >= 15 is 0 Å². The average Bonchev–Trinajstić information content (AvgIpc) is 2.59. The van der Waals surface area contributed by atoms with Crippen molar-refractivity contribution in [1.82, 2.24) is 10.2 Å². The highest BCUT2D eigenvalue weighted by molar-refractivity contribution is 5.81. The number of carbonyl (C=O) groups is 1. The SMILES string of the molecule is CN1CCCC1C1CCNC1=O. The van der Waals surface area contributed by atoms with Gasteiger partial charge in [0.2, 0.25) is 5.91 Å². The standard InChI is InChI=1S/C9H16N2O/c1-11-6-2-3-8(11)7-4-5-10-9(7)12/h7-8H,2-6H2,1H3,(H,10,12). The lowest BCUT2D eigenvalue weighted by atomic mass is 9.96. The first-order chi connectivity index (χ1) is 5.79. The largest absolute Gasteiger partial charge is 0.356 e. The van der Waals surface area contributed by atoms with Crippen molar-refractivity contribution in [1.29, 1.82) is 0 Å². The second-order valence-electron chi connectivity index (χ2n) is 3.88. The Labute approximate surface area is 73.1 Å². The molecule has 1 amide bonds. The number of rotatable bonds is 1. The first kappa shape index (κ1) is 8.05. The van der Waals surface area contributed by atoms with Gasteiger partial charge in [0.1, 0.15) is 0 Å². The molecule has 68 valence electrons. The van der Waals surface area contributed by atoms with Crippen LogP contribution in [0.25, 0.3) is 0 Å². The summed E-state index contributed by atoms with van der Waals surface area (Å²) in [6, 6.07) is 0.521. The van der Waals surface area contributed by atoms with Gasteiger partial charge in [0.15, 0.2) is 0 Å². The highest BCUT2D eigenvalue weighted by Gasteiger charge is 2.36. The third kappa shape index (κ3) is 1.22. The number of nitrogens with zero attached hydrogens (tertiary/aromatic N) is 1. The van der Waals surface area contributed by atoms with Crippen LogP contribution in [0.15, 0.2) is 0 Å². The summed E-state index contributed by atoms with van der Waals surface area (Å²) in [4.78, 5) is 13.7. The highest BCUT2D eigenvalue weighted by Crippen LogP contribution is 2.26. The van der Waals surface area contributed by atoms with Gasteiger partial charge in [-0.3, -0.25) is 4.79 Å². The van der Waals surface area contributed by atoms with E-state index in [-0.39, 0.29) is 11.8 Å². The summed E-state index contributed by atoms with van der Waals surface area (Å²) in [5.74, 6) is 0.547. The Balaban J connectivity index is 2.03. The maximum Gasteiger partial charge on any atom is 0.224 e. The number of hydrogen-bond donors (Lipinski definition) is 1. The summed E-state index contributed by atoms with van der Waals surface area (Å²) in [7, 11) is 2.13. The lowest BCUT2D eigenvalue weighted by Crippen LogP contribution is -2.36. The smallest absolute Gasteiger partial charge is 0.224 e. The molecular weight excluding hydrogens is 152 g/mol. The van der Waals surface area contributed by atoms with Crippen LogP contribution in [0.4, 0.5) is 0 Å². The van der Waals surface area contributed by atoms with Gasteiger partial charge in [0.25, 0.3) is 0 Å². The van der Waals surface area contributed by atoms with Crippen molar-refractivity contribution >= 4 is 5.91 Å². The third-order valence-corrected chi connectivity index (χ3v) is 3.13. The summed E-state index contributed by atoms with van der Waals surface area (Å²) in [6.07, 6.45) is 3.49. The molecule has 2 saturated heterocycles. The van der Waals surface area contributed by atoms with Crippen molar-refractivity contribution in [2.75, 3.05) is 20.1 Å². The van der Waals surface area contributed by atoms with Crippen molar-refractivity contribution in [2.24, 2.45) is 5.92 Å². The molecule has 0 radical (unpaired) electrons. The lowest BCUT2D eigenvalue weighted by molar-refractivity contribution is -0.123. The Hall–Kier alpha value is -0.570. The molecule has 0 saturated carbocycles. The average molecular weight is 168 g/mol. The van der Waals surface area contributed by atoms with Crippen molar-refractivity contribution < 1.29 is 4.79 Å². The van der Waals surface area contributed by atoms with Crippen LogP contribution in [0.3, 0.4) is 0 Å². The minimum absolute atomic E-state index is 0.272. The van der Waals surface area contributed by atoms with Crippen LogP contribution >= 0.6 is 0 Å². The van der Waals surface area contributed by atoms with Crippen LogP contribution in [-0.4, -0.2) is 37.0 Å². The maximum atomic E-state index is 11.4. The molecule has 0 spiro atoms. The van der Waals surface area contributed by atoms with E-state index < -0.39 is 0 Å². The number of carbonyl (C=O) groups excluding carboxylic acids is 1. The fraction of sp³-hybridized carbons (Fsp3) is 0.889. The molecule has 1 N–H and O–H groups in total. The number of nitrogens with one attached hydrogen (secondary N) is 1. The predicted octanol–water partition coefficient (Wildman–Crippen LogP) is 0.217. The Morgan fingerprint density at radius 3 is 2.83 bits per heavy atom. The summed E-state index contributed by atoms with van der Waals surface area (Å²) < 4.78 is 0. The summed E-state index contributed by atoms with van der Waals surface area (Å²) >= 11 is 0. The molecule has 2 atom stereocenters. The van der Waals surface area contributed by atoms with Gasteiger partial charge in [-0.25, -0.2) is 0 Å². The molecule has 0 aliphatic carbocycles. The minimum atomic E-state index is 0.272. The zero-order chi connectivity index (χ0) is 8.55. The predicted molar refractivity (Wildman–Crippen MR) is 46.8 cm³/mol. The molecule has 0 aromatic rings. The zero-order valence-electron chi connectivity index (χ0n) is 7.55. The summed E-state index contributed by atoms with van der Waals surface area (Å²) in [5, 5.41) is 2.90. The molecule has 2 heterocycles. The van der Waals surface area contributed by atoms with Crippen LogP contribution in [0, 0.1) is 5.92 Å². The van der Waals surface area contributed by atoms with Crippen molar-refractivity contribution in [3.63, 3.8) is 0 Å². The Bertz CT molecular complexity index is 193. The Morgan fingerprint density at radius 1 is 1.50 bits per heavy atom. The molecule has 0 bridgehead atoms. The van der Waals surface area contributed by atoms with Crippen LogP contribution in [0.5, 0.6) is 0 Å². The van der Waals surface area contributed by atoms with Gasteiger partial charge in [-0.1, -0.05) is 0 Å². The van der Waals surface area contributed by atoms with Gasteiger partial charge in [0.05, 0.1) is 5.92 Å².